The molecule has 2 unspecified atom stereocenters. The second-order valence-corrected chi connectivity index (χ2v) is 6.58. The number of morpholine rings is 1. The minimum absolute atomic E-state index is 0.305. The Morgan fingerprint density at radius 2 is 1.91 bits per heavy atom. The van der Waals surface area contributed by atoms with Gasteiger partial charge >= 0.3 is 0 Å². The lowest BCUT2D eigenvalue weighted by Crippen LogP contribution is -2.61. The van der Waals surface area contributed by atoms with E-state index in [1.807, 2.05) is 6.92 Å². The van der Waals surface area contributed by atoms with Crippen molar-refractivity contribution in [3.8, 4) is 0 Å². The SMILES string of the molecule is CCOCCC1(O)CC2COCC(C1)N2Cc1ccccc1. The molecule has 3 rings (SSSR count). The molecule has 4 nitrogen and oxygen atoms in total. The summed E-state index contributed by atoms with van der Waals surface area (Å²) in [4.78, 5) is 2.52. The standard InChI is InChI=1S/C18H27NO3/c1-2-21-9-8-18(20)10-16-13-22-14-17(11-18)19(16)12-15-6-4-3-5-7-15/h3-7,16-17,20H,2,8-14H2,1H3. The zero-order chi connectivity index (χ0) is 15.4. The van der Waals surface area contributed by atoms with E-state index in [0.717, 1.165) is 39.0 Å². The number of nitrogens with zero attached hydrogens (tertiary/aromatic N) is 1. The van der Waals surface area contributed by atoms with Crippen LogP contribution in [0, 0.1) is 0 Å². The van der Waals surface area contributed by atoms with E-state index in [1.165, 1.54) is 5.56 Å². The summed E-state index contributed by atoms with van der Waals surface area (Å²) in [7, 11) is 0. The maximum Gasteiger partial charge on any atom is 0.0701 e. The molecule has 1 aromatic rings. The van der Waals surface area contributed by atoms with Crippen LogP contribution in [0.15, 0.2) is 30.3 Å². The van der Waals surface area contributed by atoms with Gasteiger partial charge in [0, 0.05) is 31.8 Å². The van der Waals surface area contributed by atoms with Crippen molar-refractivity contribution in [2.75, 3.05) is 26.4 Å². The number of benzene rings is 1. The lowest BCUT2D eigenvalue weighted by atomic mass is 9.79. The Bertz CT molecular complexity index is 451. The lowest BCUT2D eigenvalue weighted by molar-refractivity contribution is -0.152. The van der Waals surface area contributed by atoms with E-state index in [0.29, 0.717) is 25.3 Å². The summed E-state index contributed by atoms with van der Waals surface area (Å²) in [5.74, 6) is 0. The van der Waals surface area contributed by atoms with Gasteiger partial charge in [-0.1, -0.05) is 30.3 Å². The molecule has 0 aromatic heterocycles. The molecule has 2 fully saturated rings. The van der Waals surface area contributed by atoms with Gasteiger partial charge in [0.15, 0.2) is 0 Å². The average Bonchev–Trinajstić information content (AvgIpc) is 2.50. The van der Waals surface area contributed by atoms with Crippen LogP contribution in [0.3, 0.4) is 0 Å². The van der Waals surface area contributed by atoms with Crippen molar-refractivity contribution in [1.29, 1.82) is 0 Å². The average molecular weight is 305 g/mol. The van der Waals surface area contributed by atoms with E-state index in [-0.39, 0.29) is 0 Å². The molecule has 2 aliphatic rings. The van der Waals surface area contributed by atoms with Crippen molar-refractivity contribution < 1.29 is 14.6 Å². The van der Waals surface area contributed by atoms with Crippen molar-refractivity contribution in [2.24, 2.45) is 0 Å². The first-order valence-corrected chi connectivity index (χ1v) is 8.38. The highest BCUT2D eigenvalue weighted by Gasteiger charge is 2.45. The van der Waals surface area contributed by atoms with Crippen LogP contribution in [0.5, 0.6) is 0 Å². The third-order valence-corrected chi connectivity index (χ3v) is 4.91. The van der Waals surface area contributed by atoms with Crippen molar-refractivity contribution in [3.05, 3.63) is 35.9 Å². The van der Waals surface area contributed by atoms with E-state index in [2.05, 4.69) is 35.2 Å². The summed E-state index contributed by atoms with van der Waals surface area (Å²) in [6.45, 7) is 5.74. The smallest absolute Gasteiger partial charge is 0.0701 e. The molecule has 122 valence electrons. The molecule has 2 atom stereocenters. The fourth-order valence-electron chi connectivity index (χ4n) is 3.81. The van der Waals surface area contributed by atoms with E-state index >= 15 is 0 Å². The summed E-state index contributed by atoms with van der Waals surface area (Å²) in [6, 6.07) is 11.2. The van der Waals surface area contributed by atoms with Crippen LogP contribution in [-0.4, -0.2) is 54.1 Å². The van der Waals surface area contributed by atoms with Gasteiger partial charge in [0.2, 0.25) is 0 Å². The topological polar surface area (TPSA) is 41.9 Å². The maximum absolute atomic E-state index is 10.9. The molecule has 0 spiro atoms. The minimum atomic E-state index is -0.596. The van der Waals surface area contributed by atoms with E-state index in [1.54, 1.807) is 0 Å². The molecule has 0 saturated carbocycles. The van der Waals surface area contributed by atoms with Gasteiger partial charge in [-0.15, -0.1) is 0 Å². The van der Waals surface area contributed by atoms with Crippen LogP contribution in [0.2, 0.25) is 0 Å². The highest BCUT2D eigenvalue weighted by atomic mass is 16.5. The molecule has 0 amide bonds. The summed E-state index contributed by atoms with van der Waals surface area (Å²) in [5, 5.41) is 10.9. The largest absolute Gasteiger partial charge is 0.390 e. The van der Waals surface area contributed by atoms with Gasteiger partial charge in [0.1, 0.15) is 0 Å². The van der Waals surface area contributed by atoms with Gasteiger partial charge in [-0.2, -0.15) is 0 Å². The number of rotatable bonds is 6. The maximum atomic E-state index is 10.9. The van der Waals surface area contributed by atoms with Gasteiger partial charge in [0.05, 0.1) is 18.8 Å². The predicted molar refractivity (Wildman–Crippen MR) is 85.7 cm³/mol. The highest BCUT2D eigenvalue weighted by molar-refractivity contribution is 5.15. The van der Waals surface area contributed by atoms with Crippen LogP contribution in [0.4, 0.5) is 0 Å². The van der Waals surface area contributed by atoms with Crippen molar-refractivity contribution >= 4 is 0 Å². The number of ether oxygens (including phenoxy) is 2. The van der Waals surface area contributed by atoms with Gasteiger partial charge in [-0.3, -0.25) is 4.90 Å². The molecular weight excluding hydrogens is 278 g/mol. The number of piperidine rings is 1. The highest BCUT2D eigenvalue weighted by Crippen LogP contribution is 2.37. The minimum Gasteiger partial charge on any atom is -0.390 e. The number of aliphatic hydroxyl groups is 1. The molecule has 0 radical (unpaired) electrons. The number of fused-ring (bicyclic) bond motifs is 2. The van der Waals surface area contributed by atoms with Gasteiger partial charge < -0.3 is 14.6 Å². The molecule has 2 aliphatic heterocycles. The summed E-state index contributed by atoms with van der Waals surface area (Å²) in [5.41, 5.74) is 0.737. The molecule has 22 heavy (non-hydrogen) atoms. The first kappa shape index (κ1) is 15.9. The molecule has 1 aromatic carbocycles. The second-order valence-electron chi connectivity index (χ2n) is 6.58. The zero-order valence-electron chi connectivity index (χ0n) is 13.4. The Morgan fingerprint density at radius 1 is 1.23 bits per heavy atom. The zero-order valence-corrected chi connectivity index (χ0v) is 13.4. The van der Waals surface area contributed by atoms with Crippen molar-refractivity contribution in [1.82, 2.24) is 4.90 Å². The Morgan fingerprint density at radius 3 is 2.55 bits per heavy atom. The summed E-state index contributed by atoms with van der Waals surface area (Å²) < 4.78 is 11.2. The van der Waals surface area contributed by atoms with Gasteiger partial charge in [-0.05, 0) is 31.7 Å². The number of hydrogen-bond donors (Lipinski definition) is 1. The fourth-order valence-corrected chi connectivity index (χ4v) is 3.81. The first-order chi connectivity index (χ1) is 10.7. The second kappa shape index (κ2) is 7.09. The molecule has 2 saturated heterocycles. The van der Waals surface area contributed by atoms with E-state index in [9.17, 15) is 5.11 Å². The van der Waals surface area contributed by atoms with Crippen LogP contribution < -0.4 is 0 Å². The Kier molecular flexibility index (Phi) is 5.14. The molecule has 2 bridgehead atoms. The van der Waals surface area contributed by atoms with Crippen molar-refractivity contribution in [3.63, 3.8) is 0 Å². The summed E-state index contributed by atoms with van der Waals surface area (Å²) in [6.07, 6.45) is 2.29. The fraction of sp³-hybridized carbons (Fsp3) is 0.667. The van der Waals surface area contributed by atoms with Crippen LogP contribution in [0.25, 0.3) is 0 Å². The van der Waals surface area contributed by atoms with Crippen LogP contribution >= 0.6 is 0 Å². The Labute approximate surface area is 133 Å². The van der Waals surface area contributed by atoms with Gasteiger partial charge in [-0.25, -0.2) is 0 Å². The predicted octanol–water partition coefficient (Wildman–Crippen LogP) is 2.21. The third kappa shape index (κ3) is 3.69. The molecule has 0 aliphatic carbocycles. The quantitative estimate of drug-likeness (QED) is 0.818. The molecule has 1 N–H and O–H groups in total. The lowest BCUT2D eigenvalue weighted by Gasteiger charge is -2.51. The molecule has 2 heterocycles. The third-order valence-electron chi connectivity index (χ3n) is 4.91. The molecular formula is C18H27NO3. The monoisotopic (exact) mass is 305 g/mol. The normalized spacial score (nSPS) is 32.1. The van der Waals surface area contributed by atoms with Gasteiger partial charge in [0.25, 0.3) is 0 Å². The summed E-state index contributed by atoms with van der Waals surface area (Å²) >= 11 is 0. The Balaban J connectivity index is 1.65. The Hall–Kier alpha value is -0.940. The van der Waals surface area contributed by atoms with Crippen molar-refractivity contribution in [2.45, 2.75) is 50.4 Å². The first-order valence-electron chi connectivity index (χ1n) is 8.38. The van der Waals surface area contributed by atoms with E-state index in [4.69, 9.17) is 9.47 Å². The van der Waals surface area contributed by atoms with E-state index < -0.39 is 5.60 Å². The molecule has 4 heteroatoms. The number of hydrogen-bond acceptors (Lipinski definition) is 4. The van der Waals surface area contributed by atoms with Crippen LogP contribution in [-0.2, 0) is 16.0 Å². The van der Waals surface area contributed by atoms with Crippen LogP contribution in [0.1, 0.15) is 31.7 Å².